The molecule has 1 aromatic carbocycles. The van der Waals surface area contributed by atoms with Crippen LogP contribution in [0.2, 0.25) is 0 Å². The number of aryl methyl sites for hydroxylation is 1. The number of rotatable bonds is 2. The Kier molecular flexibility index (Phi) is 4.69. The highest BCUT2D eigenvalue weighted by Crippen LogP contribution is 2.45. The minimum absolute atomic E-state index is 0.0255. The number of nitrogens with one attached hydrogen (secondary N) is 1. The van der Waals surface area contributed by atoms with Gasteiger partial charge in [0.05, 0.1) is 40.8 Å². The number of hydrogen-bond acceptors (Lipinski definition) is 7. The van der Waals surface area contributed by atoms with Gasteiger partial charge in [0, 0.05) is 22.6 Å². The van der Waals surface area contributed by atoms with Gasteiger partial charge in [0.1, 0.15) is 12.4 Å². The van der Waals surface area contributed by atoms with Gasteiger partial charge in [0.25, 0.3) is 5.56 Å². The zero-order valence-corrected chi connectivity index (χ0v) is 20.0. The Labute approximate surface area is 204 Å². The number of carbonyl (C=O) groups is 2. The summed E-state index contributed by atoms with van der Waals surface area (Å²) in [5, 5.41) is 14.6. The molecule has 2 N–H and O–H groups in total. The number of aromatic nitrogens is 2. The van der Waals surface area contributed by atoms with Crippen LogP contribution in [0.15, 0.2) is 16.9 Å². The number of carbonyl (C=O) groups excluding carboxylic acids is 2. The number of esters is 1. The van der Waals surface area contributed by atoms with Crippen molar-refractivity contribution in [1.82, 2.24) is 14.9 Å². The van der Waals surface area contributed by atoms with Gasteiger partial charge >= 0.3 is 5.97 Å². The van der Waals surface area contributed by atoms with Gasteiger partial charge in [-0.1, -0.05) is 0 Å². The van der Waals surface area contributed by atoms with Gasteiger partial charge < -0.3 is 19.7 Å². The number of ether oxygens (including phenoxy) is 1. The predicted octanol–water partition coefficient (Wildman–Crippen LogP) is 2.17. The third-order valence-corrected chi connectivity index (χ3v) is 7.77. The average molecular weight is 496 g/mol. The Hall–Kier alpha value is -3.24. The molecule has 1 amide bonds. The molecule has 3 aliphatic rings. The van der Waals surface area contributed by atoms with E-state index in [1.807, 2.05) is 0 Å². The number of nitrogens with zero attached hydrogens (tertiary/aromatic N) is 2. The molecule has 4 heterocycles. The molecule has 35 heavy (non-hydrogen) atoms. The molecule has 0 saturated heterocycles. The number of cyclic esters (lactones) is 1. The molecule has 8 nitrogen and oxygen atoms in total. The summed E-state index contributed by atoms with van der Waals surface area (Å²) in [6.07, 6.45) is 1.15. The molecular formula is C25H22FN3O5S. The van der Waals surface area contributed by atoms with E-state index in [9.17, 15) is 23.9 Å². The molecule has 2 aromatic heterocycles. The van der Waals surface area contributed by atoms with E-state index >= 15 is 0 Å². The summed E-state index contributed by atoms with van der Waals surface area (Å²) >= 11 is 4.09. The van der Waals surface area contributed by atoms with Crippen LogP contribution in [0.4, 0.5) is 4.39 Å². The Morgan fingerprint density at radius 3 is 2.86 bits per heavy atom. The van der Waals surface area contributed by atoms with Crippen LogP contribution in [0.3, 0.4) is 0 Å². The van der Waals surface area contributed by atoms with E-state index in [4.69, 9.17) is 9.72 Å². The Morgan fingerprint density at radius 1 is 1.34 bits per heavy atom. The zero-order chi connectivity index (χ0) is 24.8. The number of thiol groups is 1. The molecule has 0 unspecified atom stereocenters. The summed E-state index contributed by atoms with van der Waals surface area (Å²) in [6, 6.07) is 2.64. The van der Waals surface area contributed by atoms with Crippen molar-refractivity contribution in [3.05, 3.63) is 61.7 Å². The normalized spacial score (nSPS) is 21.9. The number of fused-ring (bicyclic) bond motifs is 5. The summed E-state index contributed by atoms with van der Waals surface area (Å²) < 4.78 is 21.4. The lowest BCUT2D eigenvalue weighted by atomic mass is 9.81. The van der Waals surface area contributed by atoms with Crippen molar-refractivity contribution in [2.24, 2.45) is 0 Å². The summed E-state index contributed by atoms with van der Waals surface area (Å²) in [7, 11) is 0. The van der Waals surface area contributed by atoms with Gasteiger partial charge in [-0.25, -0.2) is 14.2 Å². The summed E-state index contributed by atoms with van der Waals surface area (Å²) in [5.74, 6) is -1.40. The van der Waals surface area contributed by atoms with E-state index in [1.165, 1.54) is 17.6 Å². The Morgan fingerprint density at radius 2 is 2.11 bits per heavy atom. The van der Waals surface area contributed by atoms with Crippen LogP contribution in [0.1, 0.15) is 52.8 Å². The quantitative estimate of drug-likeness (QED) is 0.291. The number of pyridine rings is 2. The molecular weight excluding hydrogens is 473 g/mol. The highest BCUT2D eigenvalue weighted by atomic mass is 32.1. The highest BCUT2D eigenvalue weighted by Gasteiger charge is 2.43. The van der Waals surface area contributed by atoms with Crippen LogP contribution in [-0.2, 0) is 39.5 Å². The van der Waals surface area contributed by atoms with Crippen molar-refractivity contribution in [1.29, 1.82) is 0 Å². The van der Waals surface area contributed by atoms with Gasteiger partial charge in [-0.3, -0.25) is 9.59 Å². The lowest BCUT2D eigenvalue weighted by Gasteiger charge is -2.29. The highest BCUT2D eigenvalue weighted by molar-refractivity contribution is 7.81. The van der Waals surface area contributed by atoms with Crippen LogP contribution < -0.4 is 10.9 Å². The summed E-state index contributed by atoms with van der Waals surface area (Å²) in [4.78, 5) is 42.7. The summed E-state index contributed by atoms with van der Waals surface area (Å²) in [6.45, 7) is 3.01. The molecule has 0 bridgehead atoms. The van der Waals surface area contributed by atoms with Gasteiger partial charge in [0.15, 0.2) is 5.60 Å². The van der Waals surface area contributed by atoms with Crippen LogP contribution in [-0.4, -0.2) is 32.3 Å². The molecule has 0 radical (unpaired) electrons. The van der Waals surface area contributed by atoms with Crippen molar-refractivity contribution < 1.29 is 23.8 Å². The van der Waals surface area contributed by atoms with Crippen molar-refractivity contribution in [3.8, 4) is 11.4 Å². The maximum absolute atomic E-state index is 14.8. The molecule has 1 aliphatic carbocycles. The first-order chi connectivity index (χ1) is 16.6. The molecule has 180 valence electrons. The molecule has 10 heteroatoms. The monoisotopic (exact) mass is 495 g/mol. The fraction of sp³-hybridized carbons (Fsp3) is 0.360. The van der Waals surface area contributed by atoms with Crippen LogP contribution in [0.5, 0.6) is 0 Å². The van der Waals surface area contributed by atoms with Crippen molar-refractivity contribution >= 4 is 35.4 Å². The SMILES string of the molecule is Cc1c(F)cc2nc3c(c4c2c1CC[C@@H]4NC(=O)CS)Cn1c-3cc2c(c1=O)COC(=O)[C@@]2(C)O. The molecule has 2 aliphatic heterocycles. The van der Waals surface area contributed by atoms with E-state index in [0.29, 0.717) is 35.3 Å². The smallest absolute Gasteiger partial charge is 0.342 e. The fourth-order valence-electron chi connectivity index (χ4n) is 5.69. The van der Waals surface area contributed by atoms with E-state index in [1.54, 1.807) is 13.0 Å². The fourth-order valence-corrected chi connectivity index (χ4v) is 5.78. The molecule has 3 aromatic rings. The van der Waals surface area contributed by atoms with E-state index < -0.39 is 11.6 Å². The van der Waals surface area contributed by atoms with Crippen molar-refractivity contribution in [2.45, 2.75) is 51.5 Å². The van der Waals surface area contributed by atoms with Crippen molar-refractivity contribution in [2.75, 3.05) is 5.75 Å². The second-order valence-electron chi connectivity index (χ2n) is 9.49. The predicted molar refractivity (Wildman–Crippen MR) is 128 cm³/mol. The molecule has 0 saturated carbocycles. The van der Waals surface area contributed by atoms with Crippen LogP contribution in [0.25, 0.3) is 22.3 Å². The van der Waals surface area contributed by atoms with E-state index in [0.717, 1.165) is 22.1 Å². The standard InChI is InChI=1S/C25H22FN3O5S/c1-10-11-3-4-16(27-19(30)9-35)21-12-7-29-18(22(12)28-17(20(11)21)6-15(10)26)5-14-13(23(29)31)8-34-24(32)25(14,2)33/h5-6,16,33,35H,3-4,7-9H2,1-2H3,(H,27,30)/t16-,25-/m0/s1. The lowest BCUT2D eigenvalue weighted by molar-refractivity contribution is -0.169. The lowest BCUT2D eigenvalue weighted by Crippen LogP contribution is -2.42. The second-order valence-corrected chi connectivity index (χ2v) is 9.80. The zero-order valence-electron chi connectivity index (χ0n) is 19.1. The third-order valence-electron chi connectivity index (χ3n) is 7.48. The molecule has 0 spiro atoms. The third kappa shape index (κ3) is 2.96. The topological polar surface area (TPSA) is 111 Å². The van der Waals surface area contributed by atoms with Crippen LogP contribution in [0, 0.1) is 12.7 Å². The van der Waals surface area contributed by atoms with Crippen LogP contribution >= 0.6 is 12.6 Å². The average Bonchev–Trinajstić information content (AvgIpc) is 3.19. The first kappa shape index (κ1) is 22.2. The maximum atomic E-state index is 14.8. The van der Waals surface area contributed by atoms with Gasteiger partial charge in [0.2, 0.25) is 5.91 Å². The minimum atomic E-state index is -1.98. The van der Waals surface area contributed by atoms with E-state index in [-0.39, 0.29) is 53.4 Å². The number of benzene rings is 1. The second kappa shape index (κ2) is 7.38. The number of aliphatic hydroxyl groups is 1. The van der Waals surface area contributed by atoms with Gasteiger partial charge in [-0.2, -0.15) is 12.6 Å². The molecule has 2 atom stereocenters. The largest absolute Gasteiger partial charge is 0.458 e. The van der Waals surface area contributed by atoms with E-state index in [2.05, 4.69) is 17.9 Å². The number of hydrogen-bond donors (Lipinski definition) is 3. The first-order valence-corrected chi connectivity index (χ1v) is 12.0. The number of amides is 1. The molecule has 6 rings (SSSR count). The summed E-state index contributed by atoms with van der Waals surface area (Å²) in [5.41, 5.74) is 2.38. The van der Waals surface area contributed by atoms with Crippen molar-refractivity contribution in [3.63, 3.8) is 0 Å². The Balaban J connectivity index is 1.67. The minimum Gasteiger partial charge on any atom is -0.458 e. The van der Waals surface area contributed by atoms with Gasteiger partial charge in [-0.15, -0.1) is 0 Å². The molecule has 0 fully saturated rings. The maximum Gasteiger partial charge on any atom is 0.342 e. The number of halogens is 1. The Bertz CT molecular complexity index is 1560. The van der Waals surface area contributed by atoms with Gasteiger partial charge in [-0.05, 0) is 49.4 Å². The first-order valence-electron chi connectivity index (χ1n) is 11.3.